The van der Waals surface area contributed by atoms with E-state index in [2.05, 4.69) is 18.0 Å². The Labute approximate surface area is 79.4 Å². The highest BCUT2D eigenvalue weighted by molar-refractivity contribution is 5.73. The molecule has 1 N–H and O–H groups in total. The van der Waals surface area contributed by atoms with Crippen LogP contribution in [0.1, 0.15) is 26.2 Å². The van der Waals surface area contributed by atoms with Crippen molar-refractivity contribution in [2.75, 3.05) is 0 Å². The molecule has 2 saturated carbocycles. The summed E-state index contributed by atoms with van der Waals surface area (Å²) >= 11 is 0. The SMILES string of the molecule is C=C[C@H]1C[C@H]2C[C@@H]1[C@@H](NC(C)=O)C2. The van der Waals surface area contributed by atoms with Gasteiger partial charge >= 0.3 is 0 Å². The average Bonchev–Trinajstić information content (AvgIpc) is 2.60. The monoisotopic (exact) mass is 179 g/mol. The predicted octanol–water partition coefficient (Wildman–Crippen LogP) is 1.72. The van der Waals surface area contributed by atoms with Gasteiger partial charge in [-0.2, -0.15) is 0 Å². The van der Waals surface area contributed by atoms with Gasteiger partial charge in [0.2, 0.25) is 5.91 Å². The Balaban J connectivity index is 2.01. The highest BCUT2D eigenvalue weighted by Gasteiger charge is 2.44. The smallest absolute Gasteiger partial charge is 0.217 e. The molecular weight excluding hydrogens is 162 g/mol. The van der Waals surface area contributed by atoms with Gasteiger partial charge in [0.1, 0.15) is 0 Å². The summed E-state index contributed by atoms with van der Waals surface area (Å²) in [6.07, 6.45) is 5.85. The van der Waals surface area contributed by atoms with Crippen molar-refractivity contribution in [3.05, 3.63) is 12.7 Å². The number of carbonyl (C=O) groups excluding carboxylic acids is 1. The van der Waals surface area contributed by atoms with Crippen molar-refractivity contribution in [1.82, 2.24) is 5.32 Å². The van der Waals surface area contributed by atoms with Gasteiger partial charge in [-0.25, -0.2) is 0 Å². The summed E-state index contributed by atoms with van der Waals surface area (Å²) in [4.78, 5) is 10.9. The molecule has 0 aliphatic heterocycles. The molecule has 1 amide bonds. The molecule has 0 unspecified atom stereocenters. The molecule has 2 bridgehead atoms. The van der Waals surface area contributed by atoms with Crippen LogP contribution in [0.25, 0.3) is 0 Å². The highest BCUT2D eigenvalue weighted by Crippen LogP contribution is 2.48. The van der Waals surface area contributed by atoms with Crippen LogP contribution in [0.4, 0.5) is 0 Å². The lowest BCUT2D eigenvalue weighted by molar-refractivity contribution is -0.120. The van der Waals surface area contributed by atoms with E-state index < -0.39 is 0 Å². The Hall–Kier alpha value is -0.790. The minimum atomic E-state index is 0.111. The fourth-order valence-corrected chi connectivity index (χ4v) is 3.10. The topological polar surface area (TPSA) is 29.1 Å². The predicted molar refractivity (Wildman–Crippen MR) is 52.1 cm³/mol. The Bertz CT molecular complexity index is 236. The Kier molecular flexibility index (Phi) is 2.14. The zero-order valence-electron chi connectivity index (χ0n) is 8.12. The Morgan fingerprint density at radius 3 is 2.77 bits per heavy atom. The molecule has 2 aliphatic carbocycles. The first-order valence-electron chi connectivity index (χ1n) is 5.10. The molecular formula is C11H17NO. The van der Waals surface area contributed by atoms with Crippen LogP contribution in [0.5, 0.6) is 0 Å². The van der Waals surface area contributed by atoms with Gasteiger partial charge in [-0.15, -0.1) is 6.58 Å². The molecule has 2 rings (SSSR count). The van der Waals surface area contributed by atoms with E-state index in [1.165, 1.54) is 19.3 Å². The number of fused-ring (bicyclic) bond motifs is 2. The van der Waals surface area contributed by atoms with Gasteiger partial charge in [0, 0.05) is 13.0 Å². The second kappa shape index (κ2) is 3.17. The maximum Gasteiger partial charge on any atom is 0.217 e. The van der Waals surface area contributed by atoms with E-state index in [4.69, 9.17) is 0 Å². The summed E-state index contributed by atoms with van der Waals surface area (Å²) in [5, 5.41) is 3.05. The number of nitrogens with one attached hydrogen (secondary N) is 1. The molecule has 0 saturated heterocycles. The standard InChI is InChI=1S/C11H17NO/c1-3-9-4-8-5-10(9)11(6-8)12-7(2)13/h3,8-11H,1,4-6H2,2H3,(H,12,13)/t8-,9-,10-,11-/m0/s1. The number of hydrogen-bond donors (Lipinski definition) is 1. The van der Waals surface area contributed by atoms with Crippen LogP contribution in [-0.2, 0) is 4.79 Å². The maximum atomic E-state index is 10.9. The maximum absolute atomic E-state index is 10.9. The van der Waals surface area contributed by atoms with Crippen LogP contribution >= 0.6 is 0 Å². The molecule has 0 aromatic carbocycles. The van der Waals surface area contributed by atoms with Crippen LogP contribution in [-0.4, -0.2) is 11.9 Å². The van der Waals surface area contributed by atoms with Crippen molar-refractivity contribution >= 4 is 5.91 Å². The van der Waals surface area contributed by atoms with E-state index in [1.54, 1.807) is 6.92 Å². The minimum Gasteiger partial charge on any atom is -0.353 e. The molecule has 0 aromatic heterocycles. The van der Waals surface area contributed by atoms with Crippen LogP contribution < -0.4 is 5.32 Å². The van der Waals surface area contributed by atoms with Gasteiger partial charge in [0.25, 0.3) is 0 Å². The second-order valence-corrected chi connectivity index (χ2v) is 4.44. The lowest BCUT2D eigenvalue weighted by Crippen LogP contribution is -2.39. The first kappa shape index (κ1) is 8.79. The largest absolute Gasteiger partial charge is 0.353 e. The quantitative estimate of drug-likeness (QED) is 0.642. The number of amides is 1. The molecule has 2 fully saturated rings. The van der Waals surface area contributed by atoms with Crippen LogP contribution in [0.2, 0.25) is 0 Å². The zero-order valence-corrected chi connectivity index (χ0v) is 8.12. The van der Waals surface area contributed by atoms with Crippen molar-refractivity contribution < 1.29 is 4.79 Å². The molecule has 4 atom stereocenters. The molecule has 72 valence electrons. The van der Waals surface area contributed by atoms with E-state index in [0.29, 0.717) is 17.9 Å². The van der Waals surface area contributed by atoms with Crippen molar-refractivity contribution in [3.63, 3.8) is 0 Å². The molecule has 0 spiro atoms. The summed E-state index contributed by atoms with van der Waals surface area (Å²) in [7, 11) is 0. The van der Waals surface area contributed by atoms with E-state index in [1.807, 2.05) is 0 Å². The van der Waals surface area contributed by atoms with E-state index in [0.717, 1.165) is 5.92 Å². The molecule has 0 aromatic rings. The van der Waals surface area contributed by atoms with Gasteiger partial charge in [0.05, 0.1) is 0 Å². The third-order valence-corrected chi connectivity index (χ3v) is 3.56. The zero-order chi connectivity index (χ0) is 9.42. The van der Waals surface area contributed by atoms with Gasteiger partial charge in [0.15, 0.2) is 0 Å². The number of hydrogen-bond acceptors (Lipinski definition) is 1. The van der Waals surface area contributed by atoms with Crippen LogP contribution in [0.15, 0.2) is 12.7 Å². The summed E-state index contributed by atoms with van der Waals surface area (Å²) in [5.41, 5.74) is 0. The lowest BCUT2D eigenvalue weighted by atomic mass is 9.85. The third kappa shape index (κ3) is 1.50. The van der Waals surface area contributed by atoms with E-state index in [-0.39, 0.29) is 5.91 Å². The number of rotatable bonds is 2. The molecule has 2 aliphatic rings. The average molecular weight is 179 g/mol. The summed E-state index contributed by atoms with van der Waals surface area (Å²) < 4.78 is 0. The molecule has 0 radical (unpaired) electrons. The van der Waals surface area contributed by atoms with Gasteiger partial charge in [-0.3, -0.25) is 4.79 Å². The summed E-state index contributed by atoms with van der Waals surface area (Å²) in [6.45, 7) is 5.47. The molecule has 13 heavy (non-hydrogen) atoms. The third-order valence-electron chi connectivity index (χ3n) is 3.56. The van der Waals surface area contributed by atoms with Crippen LogP contribution in [0, 0.1) is 17.8 Å². The first-order valence-corrected chi connectivity index (χ1v) is 5.10. The van der Waals surface area contributed by atoms with Gasteiger partial charge in [-0.1, -0.05) is 6.08 Å². The van der Waals surface area contributed by atoms with Crippen LogP contribution in [0.3, 0.4) is 0 Å². The normalized spacial score (nSPS) is 41.9. The fraction of sp³-hybridized carbons (Fsp3) is 0.727. The summed E-state index contributed by atoms with van der Waals surface area (Å²) in [5.74, 6) is 2.27. The van der Waals surface area contributed by atoms with Crippen molar-refractivity contribution in [1.29, 1.82) is 0 Å². The minimum absolute atomic E-state index is 0.111. The van der Waals surface area contributed by atoms with Crippen molar-refractivity contribution in [2.24, 2.45) is 17.8 Å². The number of carbonyl (C=O) groups is 1. The van der Waals surface area contributed by atoms with Gasteiger partial charge < -0.3 is 5.32 Å². The van der Waals surface area contributed by atoms with E-state index >= 15 is 0 Å². The summed E-state index contributed by atoms with van der Waals surface area (Å²) in [6, 6.07) is 0.430. The fourth-order valence-electron chi connectivity index (χ4n) is 3.10. The molecule has 2 heteroatoms. The van der Waals surface area contributed by atoms with Crippen molar-refractivity contribution in [3.8, 4) is 0 Å². The Morgan fingerprint density at radius 1 is 1.46 bits per heavy atom. The number of allylic oxidation sites excluding steroid dienone is 1. The first-order chi connectivity index (χ1) is 6.20. The second-order valence-electron chi connectivity index (χ2n) is 4.44. The van der Waals surface area contributed by atoms with E-state index in [9.17, 15) is 4.79 Å². The molecule has 2 nitrogen and oxygen atoms in total. The van der Waals surface area contributed by atoms with Gasteiger partial charge in [-0.05, 0) is 37.0 Å². The molecule has 0 heterocycles. The highest BCUT2D eigenvalue weighted by atomic mass is 16.1. The van der Waals surface area contributed by atoms with Crippen molar-refractivity contribution in [2.45, 2.75) is 32.2 Å². The Morgan fingerprint density at radius 2 is 2.23 bits per heavy atom. The lowest BCUT2D eigenvalue weighted by Gasteiger charge is -2.27.